The Labute approximate surface area is 207 Å². The van der Waals surface area contributed by atoms with Gasteiger partial charge >= 0.3 is 0 Å². The number of benzene rings is 2. The molecule has 2 N–H and O–H groups in total. The molecule has 0 unspecified atom stereocenters. The summed E-state index contributed by atoms with van der Waals surface area (Å²) >= 11 is 6.52. The third-order valence-corrected chi connectivity index (χ3v) is 8.53. The summed E-state index contributed by atoms with van der Waals surface area (Å²) in [6.45, 7) is 9.06. The molecule has 34 heavy (non-hydrogen) atoms. The molecule has 4 heterocycles. The van der Waals surface area contributed by atoms with Crippen molar-refractivity contribution in [1.82, 2.24) is 10.6 Å². The van der Waals surface area contributed by atoms with Crippen LogP contribution in [-0.2, 0) is 20.4 Å². The molecule has 1 saturated heterocycles. The van der Waals surface area contributed by atoms with Crippen molar-refractivity contribution in [3.05, 3.63) is 81.2 Å². The quantitative estimate of drug-likeness (QED) is 0.275. The number of fused-ring (bicyclic) bond motifs is 4. The zero-order valence-corrected chi connectivity index (χ0v) is 20.9. The first kappa shape index (κ1) is 21.3. The Morgan fingerprint density at radius 1 is 0.853 bits per heavy atom. The lowest BCUT2D eigenvalue weighted by Gasteiger charge is -2.48. The van der Waals surface area contributed by atoms with Gasteiger partial charge in [0.05, 0.1) is 11.4 Å². The fraction of sp³-hybridized carbons (Fsp3) is 0.222. The second-order valence-corrected chi connectivity index (χ2v) is 11.4. The second-order valence-electron chi connectivity index (χ2n) is 9.97. The number of hydrogen-bond donors (Lipinski definition) is 2. The van der Waals surface area contributed by atoms with Crippen molar-refractivity contribution >= 4 is 62.9 Å². The second kappa shape index (κ2) is 6.87. The van der Waals surface area contributed by atoms with Crippen LogP contribution >= 0.6 is 23.6 Å². The van der Waals surface area contributed by atoms with Gasteiger partial charge in [0.1, 0.15) is 10.6 Å². The monoisotopic (exact) mass is 485 g/mol. The van der Waals surface area contributed by atoms with Gasteiger partial charge in [0.15, 0.2) is 5.11 Å². The predicted octanol–water partition coefficient (Wildman–Crippen LogP) is 5.41. The van der Waals surface area contributed by atoms with Gasteiger partial charge in [-0.2, -0.15) is 0 Å². The first-order valence-corrected chi connectivity index (χ1v) is 12.4. The van der Waals surface area contributed by atoms with E-state index in [1.54, 1.807) is 17.4 Å². The Morgan fingerprint density at radius 2 is 1.44 bits per heavy atom. The molecule has 0 radical (unpaired) electrons. The van der Waals surface area contributed by atoms with Crippen LogP contribution in [0.25, 0.3) is 6.08 Å². The van der Waals surface area contributed by atoms with Gasteiger partial charge in [-0.3, -0.25) is 20.2 Å². The number of carbonyl (C=O) groups excluding carboxylic acids is 2. The van der Waals surface area contributed by atoms with Crippen molar-refractivity contribution in [3.63, 3.8) is 0 Å². The maximum Gasteiger partial charge on any atom is 0.263 e. The van der Waals surface area contributed by atoms with Crippen LogP contribution in [0.2, 0.25) is 0 Å². The highest BCUT2D eigenvalue weighted by Gasteiger charge is 2.46. The lowest BCUT2D eigenvalue weighted by molar-refractivity contribution is -0.123. The molecule has 2 aromatic carbocycles. The smallest absolute Gasteiger partial charge is 0.263 e. The molecule has 170 valence electrons. The molecule has 0 saturated carbocycles. The molecule has 3 aromatic rings. The summed E-state index contributed by atoms with van der Waals surface area (Å²) in [7, 11) is 0. The SMILES string of the molecule is CC1(C)c2ccccc2N2c3sc(C=C4C(=O)NC(=S)NC4=O)cc3C(C)(C)c3cccc1c32. The van der Waals surface area contributed by atoms with Gasteiger partial charge in [0.2, 0.25) is 0 Å². The van der Waals surface area contributed by atoms with Gasteiger partial charge in [-0.05, 0) is 52.7 Å². The van der Waals surface area contributed by atoms with Crippen LogP contribution in [0.3, 0.4) is 0 Å². The van der Waals surface area contributed by atoms with E-state index < -0.39 is 11.8 Å². The van der Waals surface area contributed by atoms with Gasteiger partial charge in [0.25, 0.3) is 11.8 Å². The van der Waals surface area contributed by atoms with E-state index in [4.69, 9.17) is 12.2 Å². The van der Waals surface area contributed by atoms with Crippen molar-refractivity contribution in [2.75, 3.05) is 4.90 Å². The minimum Gasteiger partial charge on any atom is -0.301 e. The van der Waals surface area contributed by atoms with Crippen molar-refractivity contribution in [3.8, 4) is 0 Å². The van der Waals surface area contributed by atoms with E-state index >= 15 is 0 Å². The van der Waals surface area contributed by atoms with Crippen LogP contribution in [0.1, 0.15) is 54.8 Å². The van der Waals surface area contributed by atoms with E-state index in [0.29, 0.717) is 0 Å². The molecular weight excluding hydrogens is 462 g/mol. The fourth-order valence-electron chi connectivity index (χ4n) is 5.45. The molecule has 0 bridgehead atoms. The molecule has 7 heteroatoms. The number of thiophene rings is 1. The van der Waals surface area contributed by atoms with Gasteiger partial charge in [-0.15, -0.1) is 11.3 Å². The van der Waals surface area contributed by atoms with E-state index in [2.05, 4.69) is 91.8 Å². The van der Waals surface area contributed by atoms with Gasteiger partial charge in [-0.25, -0.2) is 0 Å². The van der Waals surface area contributed by atoms with Crippen LogP contribution in [0.4, 0.5) is 16.4 Å². The third-order valence-electron chi connectivity index (χ3n) is 7.26. The lowest BCUT2D eigenvalue weighted by atomic mass is 9.67. The summed E-state index contributed by atoms with van der Waals surface area (Å²) < 4.78 is 0. The molecule has 6 rings (SSSR count). The van der Waals surface area contributed by atoms with Crippen LogP contribution < -0.4 is 15.5 Å². The summed E-state index contributed by atoms with van der Waals surface area (Å²) in [5.41, 5.74) is 7.12. The van der Waals surface area contributed by atoms with E-state index in [-0.39, 0.29) is 21.5 Å². The van der Waals surface area contributed by atoms with Gasteiger partial charge < -0.3 is 4.90 Å². The van der Waals surface area contributed by atoms with Crippen molar-refractivity contribution in [1.29, 1.82) is 0 Å². The standard InChI is InChI=1S/C27H23N3O2S2/c1-26(2)16-8-5-6-11-20(16)30-21-17(26)9-7-10-18(21)27(3,4)19-13-14(34-24(19)30)12-15-22(31)28-25(33)29-23(15)32/h5-13H,1-4H3,(H2,28,29,31,32,33). The first-order valence-electron chi connectivity index (χ1n) is 11.2. The van der Waals surface area contributed by atoms with Crippen molar-refractivity contribution < 1.29 is 9.59 Å². The summed E-state index contributed by atoms with van der Waals surface area (Å²) in [5, 5.41) is 6.19. The highest BCUT2D eigenvalue weighted by molar-refractivity contribution is 7.80. The molecule has 3 aliphatic rings. The molecule has 3 aliphatic heterocycles. The Morgan fingerprint density at radius 3 is 2.12 bits per heavy atom. The predicted molar refractivity (Wildman–Crippen MR) is 140 cm³/mol. The van der Waals surface area contributed by atoms with Crippen LogP contribution in [-0.4, -0.2) is 16.9 Å². The molecule has 0 atom stereocenters. The lowest BCUT2D eigenvalue weighted by Crippen LogP contribution is -2.51. The Bertz CT molecular complexity index is 1460. The van der Waals surface area contributed by atoms with E-state index in [9.17, 15) is 9.59 Å². The van der Waals surface area contributed by atoms with Crippen LogP contribution in [0.15, 0.2) is 54.1 Å². The molecule has 0 spiro atoms. The van der Waals surface area contributed by atoms with Crippen LogP contribution in [0.5, 0.6) is 0 Å². The molecular formula is C27H23N3O2S2. The molecule has 1 fully saturated rings. The number of para-hydroxylation sites is 2. The molecule has 0 aliphatic carbocycles. The Kier molecular flexibility index (Phi) is 4.29. The first-order chi connectivity index (χ1) is 16.1. The van der Waals surface area contributed by atoms with Gasteiger partial charge in [-0.1, -0.05) is 64.1 Å². The zero-order valence-electron chi connectivity index (χ0n) is 19.3. The van der Waals surface area contributed by atoms with Crippen LogP contribution in [0, 0.1) is 0 Å². The highest BCUT2D eigenvalue weighted by Crippen LogP contribution is 2.61. The molecule has 2 amide bonds. The molecule has 1 aromatic heterocycles. The van der Waals surface area contributed by atoms with Crippen molar-refractivity contribution in [2.45, 2.75) is 38.5 Å². The zero-order chi connectivity index (χ0) is 24.0. The van der Waals surface area contributed by atoms with Crippen molar-refractivity contribution in [2.24, 2.45) is 0 Å². The summed E-state index contributed by atoms with van der Waals surface area (Å²) in [6, 6.07) is 17.3. The number of nitrogens with one attached hydrogen (secondary N) is 2. The normalized spacial score (nSPS) is 19.0. The summed E-state index contributed by atoms with van der Waals surface area (Å²) in [5.74, 6) is -0.954. The van der Waals surface area contributed by atoms with E-state index in [1.807, 2.05) is 0 Å². The average molecular weight is 486 g/mol. The summed E-state index contributed by atoms with van der Waals surface area (Å²) in [6.07, 6.45) is 1.66. The largest absolute Gasteiger partial charge is 0.301 e. The number of amides is 2. The number of carbonyl (C=O) groups is 2. The topological polar surface area (TPSA) is 61.4 Å². The number of hydrogen-bond acceptors (Lipinski definition) is 5. The summed E-state index contributed by atoms with van der Waals surface area (Å²) in [4.78, 5) is 28.1. The maximum atomic E-state index is 12.4. The highest BCUT2D eigenvalue weighted by atomic mass is 32.1. The number of thiocarbonyl (C=S) groups is 1. The molecule has 5 nitrogen and oxygen atoms in total. The third kappa shape index (κ3) is 2.74. The van der Waals surface area contributed by atoms with E-state index in [1.165, 1.54) is 33.6 Å². The average Bonchev–Trinajstić information content (AvgIpc) is 3.21. The van der Waals surface area contributed by atoms with Gasteiger partial charge in [0, 0.05) is 15.7 Å². The number of nitrogens with zero attached hydrogens (tertiary/aromatic N) is 1. The minimum absolute atomic E-state index is 0.0364. The fourth-order valence-corrected chi connectivity index (χ4v) is 6.91. The maximum absolute atomic E-state index is 12.4. The Hall–Kier alpha value is -3.29. The Balaban J connectivity index is 1.60. The van der Waals surface area contributed by atoms with E-state index in [0.717, 1.165) is 9.88 Å². The number of anilines is 3. The number of rotatable bonds is 1. The minimum atomic E-state index is -0.477.